The van der Waals surface area contributed by atoms with E-state index in [4.69, 9.17) is 9.47 Å². The van der Waals surface area contributed by atoms with E-state index in [2.05, 4.69) is 5.32 Å². The van der Waals surface area contributed by atoms with Gasteiger partial charge in [0.25, 0.3) is 0 Å². The van der Waals surface area contributed by atoms with Crippen LogP contribution in [0.1, 0.15) is 41.6 Å². The zero-order valence-corrected chi connectivity index (χ0v) is 17.0. The van der Waals surface area contributed by atoms with Crippen molar-refractivity contribution in [3.8, 4) is 0 Å². The van der Waals surface area contributed by atoms with E-state index < -0.39 is 23.7 Å². The molecule has 0 aliphatic carbocycles. The number of carbonyl (C=O) groups is 3. The van der Waals surface area contributed by atoms with E-state index >= 15 is 0 Å². The average molecular weight is 410 g/mol. The van der Waals surface area contributed by atoms with Gasteiger partial charge in [0, 0.05) is 43.0 Å². The van der Waals surface area contributed by atoms with E-state index in [1.807, 2.05) is 13.8 Å². The fourth-order valence-electron chi connectivity index (χ4n) is 3.34. The summed E-state index contributed by atoms with van der Waals surface area (Å²) in [4.78, 5) is 40.0. The Kier molecular flexibility index (Phi) is 5.80. The molecular weight excluding hydrogens is 386 g/mol. The molecule has 1 N–H and O–H groups in total. The van der Waals surface area contributed by atoms with E-state index in [1.54, 1.807) is 16.7 Å². The first-order chi connectivity index (χ1) is 13.2. The third kappa shape index (κ3) is 4.22. The molecule has 0 spiro atoms. The van der Waals surface area contributed by atoms with Crippen molar-refractivity contribution in [1.82, 2.24) is 9.80 Å². The number of ether oxygens (including phenoxy) is 2. The molecular formula is C18H24N3O6S-. The van der Waals surface area contributed by atoms with Crippen LogP contribution in [0.5, 0.6) is 0 Å². The van der Waals surface area contributed by atoms with Gasteiger partial charge in [0.15, 0.2) is 0 Å². The molecule has 0 bridgehead atoms. The van der Waals surface area contributed by atoms with Crippen molar-refractivity contribution < 1.29 is 29.0 Å². The molecule has 1 aromatic rings. The van der Waals surface area contributed by atoms with Crippen LogP contribution >= 0.6 is 11.3 Å². The van der Waals surface area contributed by atoms with Crippen molar-refractivity contribution in [3.05, 3.63) is 16.0 Å². The highest BCUT2D eigenvalue weighted by atomic mass is 32.1. The van der Waals surface area contributed by atoms with Gasteiger partial charge in [-0.2, -0.15) is 0 Å². The van der Waals surface area contributed by atoms with Crippen LogP contribution in [-0.2, 0) is 22.5 Å². The molecule has 1 fully saturated rings. The van der Waals surface area contributed by atoms with Gasteiger partial charge in [0.2, 0.25) is 0 Å². The topological polar surface area (TPSA) is 111 Å². The molecule has 2 aliphatic heterocycles. The second kappa shape index (κ2) is 7.96. The minimum atomic E-state index is -1.31. The van der Waals surface area contributed by atoms with Crippen LogP contribution < -0.4 is 10.4 Å². The highest BCUT2D eigenvalue weighted by molar-refractivity contribution is 7.17. The number of fused-ring (bicyclic) bond motifs is 1. The van der Waals surface area contributed by atoms with Crippen molar-refractivity contribution in [2.75, 3.05) is 38.1 Å². The molecule has 9 nitrogen and oxygen atoms in total. The van der Waals surface area contributed by atoms with E-state index in [0.717, 1.165) is 4.88 Å². The lowest BCUT2D eigenvalue weighted by Crippen LogP contribution is -2.51. The molecule has 3 heterocycles. The number of hydrogen-bond donors (Lipinski definition) is 1. The average Bonchev–Trinajstić information content (AvgIpc) is 2.98. The molecule has 1 saturated heterocycles. The van der Waals surface area contributed by atoms with Crippen molar-refractivity contribution >= 4 is 34.4 Å². The van der Waals surface area contributed by atoms with E-state index in [1.165, 1.54) is 11.3 Å². The van der Waals surface area contributed by atoms with Crippen LogP contribution in [0.15, 0.2) is 0 Å². The van der Waals surface area contributed by atoms with E-state index in [-0.39, 0.29) is 10.6 Å². The van der Waals surface area contributed by atoms with Crippen LogP contribution in [0.4, 0.5) is 14.6 Å². The fourth-order valence-corrected chi connectivity index (χ4v) is 4.45. The van der Waals surface area contributed by atoms with Gasteiger partial charge in [-0.3, -0.25) is 5.32 Å². The number of hydrogen-bond acceptors (Lipinski definition) is 7. The Bertz CT molecular complexity index is 783. The lowest BCUT2D eigenvalue weighted by molar-refractivity contribution is -0.255. The quantitative estimate of drug-likeness (QED) is 0.803. The molecule has 154 valence electrons. The number of nitrogens with zero attached hydrogens (tertiary/aromatic N) is 2. The Balaban J connectivity index is 1.69. The van der Waals surface area contributed by atoms with E-state index in [9.17, 15) is 19.5 Å². The first kappa shape index (κ1) is 20.4. The van der Waals surface area contributed by atoms with E-state index in [0.29, 0.717) is 51.4 Å². The zero-order chi connectivity index (χ0) is 20.5. The lowest BCUT2D eigenvalue weighted by atomic mass is 9.93. The number of amides is 3. The number of piperazine rings is 1. The smallest absolute Gasteiger partial charge is 0.409 e. The Morgan fingerprint density at radius 3 is 2.46 bits per heavy atom. The largest absolute Gasteiger partial charge is 0.545 e. The van der Waals surface area contributed by atoms with Gasteiger partial charge in [0.1, 0.15) is 5.00 Å². The maximum atomic E-state index is 12.6. The number of nitrogens with one attached hydrogen (secondary N) is 1. The molecule has 0 radical (unpaired) electrons. The summed E-state index contributed by atoms with van der Waals surface area (Å²) in [5, 5.41) is 14.7. The summed E-state index contributed by atoms with van der Waals surface area (Å²) in [5.41, 5.74) is 0.238. The van der Waals surface area contributed by atoms with Gasteiger partial charge in [0.05, 0.1) is 24.8 Å². The zero-order valence-electron chi connectivity index (χ0n) is 16.2. The summed E-state index contributed by atoms with van der Waals surface area (Å²) in [7, 11) is 0. The molecule has 10 heteroatoms. The van der Waals surface area contributed by atoms with Gasteiger partial charge >= 0.3 is 12.1 Å². The van der Waals surface area contributed by atoms with Gasteiger partial charge in [-0.05, 0) is 26.3 Å². The predicted octanol–water partition coefficient (Wildman–Crippen LogP) is 1.27. The Morgan fingerprint density at radius 1 is 1.21 bits per heavy atom. The molecule has 2 aliphatic rings. The highest BCUT2D eigenvalue weighted by Crippen LogP contribution is 2.40. The second-order valence-electron chi connectivity index (χ2n) is 7.32. The molecule has 28 heavy (non-hydrogen) atoms. The SMILES string of the molecule is CCOC(=O)N1CCN(C(=O)Nc2sc3c(c2C(=O)[O-])CC(C)(C)OC3)CC1. The van der Waals surface area contributed by atoms with Crippen LogP contribution in [0.2, 0.25) is 0 Å². The summed E-state index contributed by atoms with van der Waals surface area (Å²) in [6.45, 7) is 7.55. The predicted molar refractivity (Wildman–Crippen MR) is 100 cm³/mol. The number of carboxylic acids is 1. The Morgan fingerprint density at radius 2 is 1.86 bits per heavy atom. The number of urea groups is 1. The number of carbonyl (C=O) groups excluding carboxylic acids is 3. The van der Waals surface area contributed by atoms with Crippen LogP contribution in [-0.4, -0.2) is 66.3 Å². The molecule has 0 aromatic carbocycles. The van der Waals surface area contributed by atoms with Crippen LogP contribution in [0, 0.1) is 0 Å². The van der Waals surface area contributed by atoms with Crippen molar-refractivity contribution in [3.63, 3.8) is 0 Å². The summed E-state index contributed by atoms with van der Waals surface area (Å²) >= 11 is 1.21. The summed E-state index contributed by atoms with van der Waals surface area (Å²) < 4.78 is 10.7. The third-order valence-electron chi connectivity index (χ3n) is 4.80. The molecule has 0 atom stereocenters. The van der Waals surface area contributed by atoms with Crippen molar-refractivity contribution in [2.45, 2.75) is 39.4 Å². The number of anilines is 1. The standard InChI is InChI=1S/C18H25N3O6S/c1-4-26-17(25)21-7-5-20(6-8-21)16(24)19-14-13(15(22)23)11-9-18(2,3)27-10-12(11)28-14/h4-10H2,1-3H3,(H,19,24)(H,22,23)/p-1. The number of aromatic carboxylic acids is 1. The minimum absolute atomic E-state index is 0.0369. The molecule has 0 unspecified atom stereocenters. The summed E-state index contributed by atoms with van der Waals surface area (Å²) in [6.07, 6.45) is 0.0475. The Labute approximate surface area is 167 Å². The maximum Gasteiger partial charge on any atom is 0.409 e. The number of rotatable bonds is 3. The van der Waals surface area contributed by atoms with Crippen molar-refractivity contribution in [2.24, 2.45) is 0 Å². The first-order valence-electron chi connectivity index (χ1n) is 9.19. The molecule has 3 amide bonds. The highest BCUT2D eigenvalue weighted by Gasteiger charge is 2.32. The normalized spacial score (nSPS) is 18.4. The van der Waals surface area contributed by atoms with Crippen LogP contribution in [0.3, 0.4) is 0 Å². The van der Waals surface area contributed by atoms with Gasteiger partial charge in [-0.15, -0.1) is 11.3 Å². The third-order valence-corrected chi connectivity index (χ3v) is 5.93. The number of thiophene rings is 1. The molecule has 1 aromatic heterocycles. The maximum absolute atomic E-state index is 12.6. The lowest BCUT2D eigenvalue weighted by Gasteiger charge is -2.34. The van der Waals surface area contributed by atoms with Gasteiger partial charge in [-0.25, -0.2) is 9.59 Å². The first-order valence-corrected chi connectivity index (χ1v) is 10.0. The van der Waals surface area contributed by atoms with Gasteiger partial charge < -0.3 is 29.2 Å². The van der Waals surface area contributed by atoms with Crippen molar-refractivity contribution in [1.29, 1.82) is 0 Å². The second-order valence-corrected chi connectivity index (χ2v) is 8.43. The minimum Gasteiger partial charge on any atom is -0.545 e. The summed E-state index contributed by atoms with van der Waals surface area (Å²) in [6, 6.07) is -0.398. The fraction of sp³-hybridized carbons (Fsp3) is 0.611. The van der Waals surface area contributed by atoms with Crippen LogP contribution in [0.25, 0.3) is 0 Å². The molecule has 0 saturated carbocycles. The molecule has 3 rings (SSSR count). The monoisotopic (exact) mass is 410 g/mol. The Hall–Kier alpha value is -2.33. The summed E-state index contributed by atoms with van der Waals surface area (Å²) in [5.74, 6) is -1.31. The van der Waals surface area contributed by atoms with Gasteiger partial charge in [-0.1, -0.05) is 0 Å². The number of carboxylic acid groups (broad SMARTS) is 1.